The fourth-order valence-electron chi connectivity index (χ4n) is 4.70. The van der Waals surface area contributed by atoms with Gasteiger partial charge >= 0.3 is 0 Å². The highest BCUT2D eigenvalue weighted by molar-refractivity contribution is 8.03. The van der Waals surface area contributed by atoms with E-state index in [1.807, 2.05) is 42.5 Å². The molecule has 2 aromatic carbocycles. The maximum absolute atomic E-state index is 12.3. The number of carbonyl (C=O) groups is 2. The lowest BCUT2D eigenvalue weighted by atomic mass is 10.1. The third-order valence-electron chi connectivity index (χ3n) is 6.65. The molecule has 0 bridgehead atoms. The quantitative estimate of drug-likeness (QED) is 0.0595. The number of isothiocyanates is 1. The van der Waals surface area contributed by atoms with Gasteiger partial charge < -0.3 is 10.6 Å². The largest absolute Gasteiger partial charge is 0.305 e. The molecule has 2 aliphatic rings. The Bertz CT molecular complexity index is 1840. The van der Waals surface area contributed by atoms with Gasteiger partial charge in [-0.3, -0.25) is 9.59 Å². The van der Waals surface area contributed by atoms with Gasteiger partial charge in [0.25, 0.3) is 32.2 Å². The van der Waals surface area contributed by atoms with E-state index in [1.165, 1.54) is 23.5 Å². The Kier molecular flexibility index (Phi) is 12.4. The summed E-state index contributed by atoms with van der Waals surface area (Å²) < 4.78 is 48.7. The first-order chi connectivity index (χ1) is 21.7. The number of rotatable bonds is 12. The summed E-state index contributed by atoms with van der Waals surface area (Å²) in [5.41, 5.74) is 2.29. The maximum Gasteiger partial charge on any atom is 0.298 e. The van der Waals surface area contributed by atoms with Crippen molar-refractivity contribution < 1.29 is 26.4 Å². The number of hydrogen-bond donors (Lipinski definition) is 6. The summed E-state index contributed by atoms with van der Waals surface area (Å²) in [6.45, 7) is 0.891. The van der Waals surface area contributed by atoms with E-state index in [4.69, 9.17) is 22.5 Å². The predicted molar refractivity (Wildman–Crippen MR) is 183 cm³/mol. The molecule has 4 rings (SSSR count). The molecular weight excluding hydrogens is 713 g/mol. The molecule has 2 aliphatic heterocycles. The molecule has 2 amide bonds. The topological polar surface area (TPSA) is 239 Å². The minimum absolute atomic E-state index is 0.0714. The van der Waals surface area contributed by atoms with Crippen LogP contribution in [0.3, 0.4) is 0 Å². The summed E-state index contributed by atoms with van der Waals surface area (Å²) in [5.74, 6) is -1.44. The zero-order valence-corrected chi connectivity index (χ0v) is 28.6. The summed E-state index contributed by atoms with van der Waals surface area (Å²) in [6.07, 6.45) is 4.57. The van der Waals surface area contributed by atoms with Crippen LogP contribution in [0, 0.1) is 10.7 Å². The standard InChI is InChI=1S/C26H28N8O6S6/c27-13-42-18-6-4-16(24(10-18)44-20-9-22(31-12-20)26(36)34-46(29,39)40)2-1-15-3-5-17(32-14-41)7-23(15)43-19-8-21(30-11-19)25(35)33-45(28,37)38/h1-7,10,19-22,30-31H,8-9,11-12H2,(H,33,35)(H,34,36)(H2,28,37,38)(H2,29,39,40)/b2-1+/t19-,20+,21-,22-/m1/s1. The molecule has 0 aromatic heterocycles. The van der Waals surface area contributed by atoms with Crippen LogP contribution < -0.4 is 30.4 Å². The van der Waals surface area contributed by atoms with Gasteiger partial charge in [0.05, 0.1) is 22.9 Å². The van der Waals surface area contributed by atoms with Crippen molar-refractivity contribution in [3.8, 4) is 5.40 Å². The van der Waals surface area contributed by atoms with Crippen LogP contribution in [0.5, 0.6) is 0 Å². The van der Waals surface area contributed by atoms with Crippen LogP contribution in [-0.2, 0) is 30.0 Å². The van der Waals surface area contributed by atoms with Crippen molar-refractivity contribution in [2.45, 2.75) is 50.1 Å². The van der Waals surface area contributed by atoms with Gasteiger partial charge in [-0.15, -0.1) is 23.5 Å². The molecule has 244 valence electrons. The maximum atomic E-state index is 12.3. The van der Waals surface area contributed by atoms with Crippen LogP contribution in [0.15, 0.2) is 56.1 Å². The Balaban J connectivity index is 1.55. The molecule has 20 heteroatoms. The summed E-state index contributed by atoms with van der Waals surface area (Å²) in [4.78, 5) is 31.1. The smallest absolute Gasteiger partial charge is 0.298 e. The van der Waals surface area contributed by atoms with Gasteiger partial charge in [-0.2, -0.15) is 27.1 Å². The van der Waals surface area contributed by atoms with Gasteiger partial charge in [0.15, 0.2) is 0 Å². The van der Waals surface area contributed by atoms with Crippen LogP contribution >= 0.6 is 47.5 Å². The summed E-state index contributed by atoms with van der Waals surface area (Å²) in [6, 6.07) is 9.67. The molecule has 0 aliphatic carbocycles. The molecule has 46 heavy (non-hydrogen) atoms. The molecule has 0 saturated carbocycles. The Morgan fingerprint density at radius 1 is 0.891 bits per heavy atom. The number of carbonyl (C=O) groups excluding carboxylic acids is 2. The number of nitrogens with one attached hydrogen (secondary N) is 4. The number of thiocyanates is 1. The second-order valence-electron chi connectivity index (χ2n) is 10.0. The monoisotopic (exact) mass is 740 g/mol. The van der Waals surface area contributed by atoms with Gasteiger partial charge in [0, 0.05) is 38.3 Å². The third-order valence-corrected chi connectivity index (χ3v) is 10.9. The molecule has 2 saturated heterocycles. The molecule has 0 radical (unpaired) electrons. The van der Waals surface area contributed by atoms with E-state index < -0.39 is 44.3 Å². The van der Waals surface area contributed by atoms with Crippen molar-refractivity contribution in [2.24, 2.45) is 15.3 Å². The number of thiocarbonyl (C=S) groups is 1. The summed E-state index contributed by atoms with van der Waals surface area (Å²) in [5, 5.41) is 29.4. The van der Waals surface area contributed by atoms with E-state index in [0.717, 1.165) is 37.6 Å². The highest BCUT2D eigenvalue weighted by Crippen LogP contribution is 2.37. The van der Waals surface area contributed by atoms with Crippen molar-refractivity contribution in [2.75, 3.05) is 13.1 Å². The molecule has 14 nitrogen and oxygen atoms in total. The van der Waals surface area contributed by atoms with E-state index in [2.05, 4.69) is 26.2 Å². The number of hydrogen-bond acceptors (Lipinski definition) is 14. The SMILES string of the molecule is N#CSc1ccc(/C=C/c2ccc(N=C=S)cc2S[C@H]2CN[C@@H](C(=O)NS(N)(=O)=O)C2)c(S[C@@H]2CN[C@@H](C(=O)NS(N)(=O)=O)C2)c1. The first kappa shape index (κ1) is 36.0. The van der Waals surface area contributed by atoms with Crippen LogP contribution in [-0.4, -0.2) is 69.5 Å². The van der Waals surface area contributed by atoms with Crippen LogP contribution in [0.1, 0.15) is 24.0 Å². The molecule has 8 N–H and O–H groups in total. The second kappa shape index (κ2) is 15.9. The van der Waals surface area contributed by atoms with E-state index >= 15 is 0 Å². The number of nitrogens with two attached hydrogens (primary N) is 2. The molecule has 2 heterocycles. The van der Waals surface area contributed by atoms with E-state index in [9.17, 15) is 31.7 Å². The Morgan fingerprint density at radius 2 is 1.39 bits per heavy atom. The minimum atomic E-state index is -4.17. The molecule has 0 unspecified atom stereocenters. The lowest BCUT2D eigenvalue weighted by Crippen LogP contribution is -2.45. The average molecular weight is 741 g/mol. The van der Waals surface area contributed by atoms with Crippen molar-refractivity contribution >= 4 is 103 Å². The van der Waals surface area contributed by atoms with Crippen molar-refractivity contribution in [1.29, 1.82) is 5.26 Å². The number of amides is 2. The van der Waals surface area contributed by atoms with Crippen LogP contribution in [0.25, 0.3) is 12.2 Å². The lowest BCUT2D eigenvalue weighted by Gasteiger charge is -2.14. The first-order valence-electron chi connectivity index (χ1n) is 13.3. The summed E-state index contributed by atoms with van der Waals surface area (Å²) in [7, 11) is -8.34. The molecule has 0 spiro atoms. The minimum Gasteiger partial charge on any atom is -0.305 e. The number of aliphatic imine (C=N–C) groups is 1. The Hall–Kier alpha value is -2.80. The summed E-state index contributed by atoms with van der Waals surface area (Å²) >= 11 is 8.79. The molecule has 4 atom stereocenters. The highest BCUT2D eigenvalue weighted by atomic mass is 32.2. The third kappa shape index (κ3) is 10.9. The van der Waals surface area contributed by atoms with E-state index in [1.54, 1.807) is 15.5 Å². The van der Waals surface area contributed by atoms with E-state index in [-0.39, 0.29) is 10.5 Å². The van der Waals surface area contributed by atoms with Crippen molar-refractivity contribution in [1.82, 2.24) is 20.1 Å². The lowest BCUT2D eigenvalue weighted by molar-refractivity contribution is -0.121. The van der Waals surface area contributed by atoms with Crippen LogP contribution in [0.4, 0.5) is 5.69 Å². The molecule has 2 fully saturated rings. The Labute approximate surface area is 284 Å². The fourth-order valence-corrected chi connectivity index (χ4v) is 8.73. The van der Waals surface area contributed by atoms with Gasteiger partial charge in [-0.1, -0.05) is 24.3 Å². The normalized spacial score (nSPS) is 21.4. The molecular formula is C26H28N8O6S6. The number of benzene rings is 2. The zero-order chi connectivity index (χ0) is 33.5. The van der Waals surface area contributed by atoms with E-state index in [0.29, 0.717) is 31.6 Å². The van der Waals surface area contributed by atoms with Crippen molar-refractivity contribution in [3.05, 3.63) is 47.5 Å². The van der Waals surface area contributed by atoms with Gasteiger partial charge in [0.2, 0.25) is 0 Å². The highest BCUT2D eigenvalue weighted by Gasteiger charge is 2.33. The number of nitriles is 1. The average Bonchev–Trinajstić information content (AvgIpc) is 3.62. The molecule has 2 aromatic rings. The fraction of sp³-hybridized carbons (Fsp3) is 0.308. The number of thioether (sulfide) groups is 3. The van der Waals surface area contributed by atoms with Gasteiger partial charge in [-0.25, -0.2) is 19.7 Å². The van der Waals surface area contributed by atoms with Crippen LogP contribution in [0.2, 0.25) is 0 Å². The van der Waals surface area contributed by atoms with Gasteiger partial charge in [0.1, 0.15) is 5.40 Å². The predicted octanol–water partition coefficient (Wildman–Crippen LogP) is 1.45. The number of nitrogens with zero attached hydrogens (tertiary/aromatic N) is 2. The first-order valence-corrected chi connectivity index (χ1v) is 19.4. The zero-order valence-electron chi connectivity index (χ0n) is 23.7. The second-order valence-corrected chi connectivity index (χ2v) is 16.4. The Morgan fingerprint density at radius 3 is 1.87 bits per heavy atom. The van der Waals surface area contributed by atoms with Gasteiger partial charge in [-0.05, 0) is 72.2 Å². The van der Waals surface area contributed by atoms with Crippen molar-refractivity contribution in [3.63, 3.8) is 0 Å².